The third kappa shape index (κ3) is 1.28. The molecule has 0 saturated heterocycles. The monoisotopic (exact) mass is 174 g/mol. The minimum absolute atomic E-state index is 0.300. The van der Waals surface area contributed by atoms with Crippen molar-refractivity contribution in [2.75, 3.05) is 0 Å². The molecular weight excluding hydrogens is 164 g/mol. The third-order valence-electron chi connectivity index (χ3n) is 2.06. The Labute approximate surface area is 76.1 Å². The molecule has 0 atom stereocenters. The number of phenolic OH excluding ortho intramolecular Hbond substituents is 1. The van der Waals surface area contributed by atoms with Crippen LogP contribution in [0.5, 0.6) is 5.75 Å². The number of benzene rings is 1. The molecule has 0 amide bonds. The van der Waals surface area contributed by atoms with E-state index < -0.39 is 0 Å². The zero-order valence-electron chi connectivity index (χ0n) is 7.28. The van der Waals surface area contributed by atoms with Crippen LogP contribution in [0.1, 0.15) is 5.56 Å². The lowest BCUT2D eigenvalue weighted by atomic mass is 10.1. The Kier molecular flexibility index (Phi) is 1.77. The molecule has 2 aromatic rings. The number of phenols is 1. The summed E-state index contributed by atoms with van der Waals surface area (Å²) in [5.74, 6) is 1.09. The first-order chi connectivity index (χ1) is 6.29. The van der Waals surface area contributed by atoms with Gasteiger partial charge in [0.05, 0.1) is 0 Å². The van der Waals surface area contributed by atoms with Crippen molar-refractivity contribution >= 4 is 0 Å². The molecule has 0 saturated carbocycles. The summed E-state index contributed by atoms with van der Waals surface area (Å²) in [6.45, 7) is 1.87. The molecule has 3 heteroatoms. The molecule has 0 unspecified atom stereocenters. The summed E-state index contributed by atoms with van der Waals surface area (Å²) in [7, 11) is 0. The molecule has 0 aliphatic carbocycles. The maximum atomic E-state index is 9.46. The first kappa shape index (κ1) is 7.86. The summed E-state index contributed by atoms with van der Waals surface area (Å²) in [5.41, 5.74) is 1.78. The number of H-pyrrole nitrogens is 1. The molecule has 0 radical (unpaired) electrons. The molecule has 2 N–H and O–H groups in total. The van der Waals surface area contributed by atoms with Gasteiger partial charge in [0, 0.05) is 23.5 Å². The van der Waals surface area contributed by atoms with Crippen molar-refractivity contribution in [3.8, 4) is 17.1 Å². The summed E-state index contributed by atoms with van der Waals surface area (Å²) < 4.78 is 0. The van der Waals surface area contributed by atoms with Crippen LogP contribution >= 0.6 is 0 Å². The van der Waals surface area contributed by atoms with E-state index in [9.17, 15) is 5.11 Å². The maximum absolute atomic E-state index is 9.46. The van der Waals surface area contributed by atoms with Crippen LogP contribution < -0.4 is 0 Å². The molecule has 3 nitrogen and oxygen atoms in total. The first-order valence-corrected chi connectivity index (χ1v) is 4.07. The number of hydrogen-bond donors (Lipinski definition) is 2. The predicted octanol–water partition coefficient (Wildman–Crippen LogP) is 2.09. The minimum Gasteiger partial charge on any atom is -0.508 e. The van der Waals surface area contributed by atoms with Gasteiger partial charge < -0.3 is 10.1 Å². The Hall–Kier alpha value is -1.77. The number of aromatic amines is 1. The van der Waals surface area contributed by atoms with Crippen molar-refractivity contribution in [1.29, 1.82) is 0 Å². The van der Waals surface area contributed by atoms with Gasteiger partial charge in [-0.2, -0.15) is 0 Å². The van der Waals surface area contributed by atoms with E-state index in [1.54, 1.807) is 24.5 Å². The summed E-state index contributed by atoms with van der Waals surface area (Å²) in [6, 6.07) is 5.40. The number of imidazole rings is 1. The Balaban J connectivity index is 2.59. The summed E-state index contributed by atoms with van der Waals surface area (Å²) in [5, 5.41) is 9.46. The van der Waals surface area contributed by atoms with Gasteiger partial charge in [-0.05, 0) is 13.0 Å². The highest BCUT2D eigenvalue weighted by Gasteiger charge is 2.05. The highest BCUT2D eigenvalue weighted by molar-refractivity contribution is 5.63. The van der Waals surface area contributed by atoms with Gasteiger partial charge in [-0.15, -0.1) is 0 Å². The Bertz CT molecular complexity index is 407. The second-order valence-electron chi connectivity index (χ2n) is 2.89. The summed E-state index contributed by atoms with van der Waals surface area (Å²) >= 11 is 0. The lowest BCUT2D eigenvalue weighted by molar-refractivity contribution is 0.471. The van der Waals surface area contributed by atoms with E-state index in [1.807, 2.05) is 13.0 Å². The van der Waals surface area contributed by atoms with Crippen molar-refractivity contribution in [3.05, 3.63) is 36.2 Å². The van der Waals surface area contributed by atoms with Gasteiger partial charge in [0.15, 0.2) is 0 Å². The summed E-state index contributed by atoms with van der Waals surface area (Å²) in [4.78, 5) is 7.12. The van der Waals surface area contributed by atoms with Crippen LogP contribution in [0.3, 0.4) is 0 Å². The maximum Gasteiger partial charge on any atom is 0.137 e. The highest BCUT2D eigenvalue weighted by Crippen LogP contribution is 2.26. The molecule has 0 aliphatic heterocycles. The number of nitrogens with one attached hydrogen (secondary N) is 1. The quantitative estimate of drug-likeness (QED) is 0.695. The fourth-order valence-corrected chi connectivity index (χ4v) is 1.29. The van der Waals surface area contributed by atoms with Crippen LogP contribution in [-0.4, -0.2) is 15.1 Å². The van der Waals surface area contributed by atoms with Crippen molar-refractivity contribution in [3.63, 3.8) is 0 Å². The predicted molar refractivity (Wildman–Crippen MR) is 50.4 cm³/mol. The number of aromatic nitrogens is 2. The van der Waals surface area contributed by atoms with E-state index in [-0.39, 0.29) is 0 Å². The number of rotatable bonds is 1. The molecule has 2 rings (SSSR count). The molecule has 1 heterocycles. The number of hydrogen-bond acceptors (Lipinski definition) is 2. The van der Waals surface area contributed by atoms with Gasteiger partial charge in [0.25, 0.3) is 0 Å². The van der Waals surface area contributed by atoms with Gasteiger partial charge >= 0.3 is 0 Å². The van der Waals surface area contributed by atoms with E-state index >= 15 is 0 Å². The summed E-state index contributed by atoms with van der Waals surface area (Å²) in [6.07, 6.45) is 3.46. The SMILES string of the molecule is Cc1c(O)cccc1-c1ncc[nH]1. The second-order valence-corrected chi connectivity index (χ2v) is 2.89. The van der Waals surface area contributed by atoms with Gasteiger partial charge in [-0.25, -0.2) is 4.98 Å². The molecule has 1 aromatic carbocycles. The molecular formula is C10H10N2O. The van der Waals surface area contributed by atoms with Crippen molar-refractivity contribution < 1.29 is 5.11 Å². The fraction of sp³-hybridized carbons (Fsp3) is 0.100. The largest absolute Gasteiger partial charge is 0.508 e. The van der Waals surface area contributed by atoms with Gasteiger partial charge in [-0.3, -0.25) is 0 Å². The Morgan fingerprint density at radius 2 is 2.23 bits per heavy atom. The molecule has 13 heavy (non-hydrogen) atoms. The molecule has 1 aromatic heterocycles. The molecule has 0 fully saturated rings. The van der Waals surface area contributed by atoms with Crippen LogP contribution in [0.25, 0.3) is 11.4 Å². The van der Waals surface area contributed by atoms with E-state index in [0.717, 1.165) is 17.0 Å². The van der Waals surface area contributed by atoms with E-state index in [0.29, 0.717) is 5.75 Å². The highest BCUT2D eigenvalue weighted by atomic mass is 16.3. The normalized spacial score (nSPS) is 10.2. The van der Waals surface area contributed by atoms with Crippen LogP contribution in [-0.2, 0) is 0 Å². The number of nitrogens with zero attached hydrogens (tertiary/aromatic N) is 1. The second kappa shape index (κ2) is 2.94. The minimum atomic E-state index is 0.300. The molecule has 0 spiro atoms. The fourth-order valence-electron chi connectivity index (χ4n) is 1.29. The smallest absolute Gasteiger partial charge is 0.137 e. The lowest BCUT2D eigenvalue weighted by Gasteiger charge is -2.03. The Morgan fingerprint density at radius 1 is 1.38 bits per heavy atom. The van der Waals surface area contributed by atoms with E-state index in [4.69, 9.17) is 0 Å². The lowest BCUT2D eigenvalue weighted by Crippen LogP contribution is -1.85. The average Bonchev–Trinajstić information content (AvgIpc) is 2.62. The zero-order valence-corrected chi connectivity index (χ0v) is 7.28. The van der Waals surface area contributed by atoms with Crippen LogP contribution in [0, 0.1) is 6.92 Å². The number of aromatic hydroxyl groups is 1. The van der Waals surface area contributed by atoms with E-state index in [2.05, 4.69) is 9.97 Å². The van der Waals surface area contributed by atoms with Crippen molar-refractivity contribution in [1.82, 2.24) is 9.97 Å². The standard InChI is InChI=1S/C10H10N2O/c1-7-8(3-2-4-9(7)13)10-11-5-6-12-10/h2-6,13H,1H3,(H,11,12). The molecule has 66 valence electrons. The molecule has 0 aliphatic rings. The van der Waals surface area contributed by atoms with E-state index in [1.165, 1.54) is 0 Å². The van der Waals surface area contributed by atoms with Crippen molar-refractivity contribution in [2.24, 2.45) is 0 Å². The topological polar surface area (TPSA) is 48.9 Å². The average molecular weight is 174 g/mol. The Morgan fingerprint density at radius 3 is 2.92 bits per heavy atom. The first-order valence-electron chi connectivity index (χ1n) is 4.07. The van der Waals surface area contributed by atoms with Crippen LogP contribution in [0.2, 0.25) is 0 Å². The van der Waals surface area contributed by atoms with Crippen molar-refractivity contribution in [2.45, 2.75) is 6.92 Å². The third-order valence-corrected chi connectivity index (χ3v) is 2.06. The van der Waals surface area contributed by atoms with Crippen LogP contribution in [0.4, 0.5) is 0 Å². The van der Waals surface area contributed by atoms with Gasteiger partial charge in [-0.1, -0.05) is 12.1 Å². The van der Waals surface area contributed by atoms with Gasteiger partial charge in [0.2, 0.25) is 0 Å². The van der Waals surface area contributed by atoms with Gasteiger partial charge in [0.1, 0.15) is 11.6 Å². The molecule has 0 bridgehead atoms. The van der Waals surface area contributed by atoms with Crippen LogP contribution in [0.15, 0.2) is 30.6 Å². The zero-order chi connectivity index (χ0) is 9.26.